The third kappa shape index (κ3) is 4.24. The van der Waals surface area contributed by atoms with Crippen LogP contribution in [0.2, 0.25) is 0 Å². The lowest BCUT2D eigenvalue weighted by Crippen LogP contribution is -2.47. The van der Waals surface area contributed by atoms with E-state index in [1.807, 2.05) is 6.92 Å². The zero-order chi connectivity index (χ0) is 17.0. The van der Waals surface area contributed by atoms with Crippen LogP contribution in [0.4, 0.5) is 4.79 Å². The Bertz CT molecular complexity index is 550. The van der Waals surface area contributed by atoms with Crippen molar-refractivity contribution in [3.8, 4) is 0 Å². The Balaban J connectivity index is 1.61. The highest BCUT2D eigenvalue weighted by molar-refractivity contribution is 5.74. The summed E-state index contributed by atoms with van der Waals surface area (Å²) in [6.07, 6.45) is 3.70. The van der Waals surface area contributed by atoms with E-state index < -0.39 is 0 Å². The van der Waals surface area contributed by atoms with E-state index in [0.717, 1.165) is 32.3 Å². The first-order valence-corrected chi connectivity index (χ1v) is 8.62. The Hall–Kier alpha value is -1.67. The molecule has 3 heterocycles. The molecule has 2 fully saturated rings. The van der Waals surface area contributed by atoms with E-state index in [9.17, 15) is 4.79 Å². The number of amides is 2. The first kappa shape index (κ1) is 17.2. The van der Waals surface area contributed by atoms with Gasteiger partial charge in [-0.3, -0.25) is 0 Å². The molecule has 0 saturated carbocycles. The van der Waals surface area contributed by atoms with E-state index in [1.54, 1.807) is 6.92 Å². The van der Waals surface area contributed by atoms with Crippen molar-refractivity contribution in [1.29, 1.82) is 0 Å². The van der Waals surface area contributed by atoms with Gasteiger partial charge in [-0.2, -0.15) is 4.98 Å². The number of hydrogen-bond acceptors (Lipinski definition) is 6. The number of carbonyl (C=O) groups excluding carboxylic acids is 1. The van der Waals surface area contributed by atoms with Crippen LogP contribution < -0.4 is 10.6 Å². The Labute approximate surface area is 141 Å². The lowest BCUT2D eigenvalue weighted by atomic mass is 9.91. The maximum absolute atomic E-state index is 12.4. The second-order valence-electron chi connectivity index (χ2n) is 6.84. The lowest BCUT2D eigenvalue weighted by molar-refractivity contribution is 0.0224. The van der Waals surface area contributed by atoms with Gasteiger partial charge < -0.3 is 24.6 Å². The standard InChI is InChI=1S/C16H26N4O4/c1-11-18-14(24-20-11)13(12-4-8-22-9-5-12)19-15(21)17-10-16(2)6-3-7-23-16/h12-13H,3-10H2,1-2H3,(H2,17,19,21)/t13-,16-/m0/s1. The van der Waals surface area contributed by atoms with Crippen LogP contribution in [-0.4, -0.2) is 48.1 Å². The average molecular weight is 338 g/mol. The molecule has 2 atom stereocenters. The van der Waals surface area contributed by atoms with E-state index in [2.05, 4.69) is 20.8 Å². The molecule has 8 nitrogen and oxygen atoms in total. The van der Waals surface area contributed by atoms with Gasteiger partial charge in [0.25, 0.3) is 0 Å². The van der Waals surface area contributed by atoms with Crippen LogP contribution in [0.5, 0.6) is 0 Å². The maximum Gasteiger partial charge on any atom is 0.315 e. The van der Waals surface area contributed by atoms with Gasteiger partial charge in [0.15, 0.2) is 5.82 Å². The van der Waals surface area contributed by atoms with E-state index in [-0.39, 0.29) is 23.6 Å². The summed E-state index contributed by atoms with van der Waals surface area (Å²) in [5.74, 6) is 1.25. The molecule has 24 heavy (non-hydrogen) atoms. The average Bonchev–Trinajstić information content (AvgIpc) is 3.21. The number of aryl methyl sites for hydroxylation is 1. The van der Waals surface area contributed by atoms with Gasteiger partial charge in [0.2, 0.25) is 5.89 Å². The van der Waals surface area contributed by atoms with Crippen molar-refractivity contribution in [1.82, 2.24) is 20.8 Å². The molecule has 134 valence electrons. The first-order chi connectivity index (χ1) is 11.6. The summed E-state index contributed by atoms with van der Waals surface area (Å²) in [6.45, 7) is 6.41. The van der Waals surface area contributed by atoms with Crippen LogP contribution >= 0.6 is 0 Å². The molecule has 1 aromatic heterocycles. The second-order valence-corrected chi connectivity index (χ2v) is 6.84. The topological polar surface area (TPSA) is 98.5 Å². The molecule has 8 heteroatoms. The molecule has 2 N–H and O–H groups in total. The highest BCUT2D eigenvalue weighted by atomic mass is 16.5. The summed E-state index contributed by atoms with van der Waals surface area (Å²) < 4.78 is 16.4. The number of rotatable bonds is 5. The van der Waals surface area contributed by atoms with Crippen LogP contribution in [0.3, 0.4) is 0 Å². The molecule has 3 rings (SSSR count). The van der Waals surface area contributed by atoms with Gasteiger partial charge >= 0.3 is 6.03 Å². The van der Waals surface area contributed by atoms with Crippen molar-refractivity contribution in [2.75, 3.05) is 26.4 Å². The van der Waals surface area contributed by atoms with Gasteiger partial charge in [0, 0.05) is 26.4 Å². The van der Waals surface area contributed by atoms with Crippen LogP contribution in [-0.2, 0) is 9.47 Å². The summed E-state index contributed by atoms with van der Waals surface area (Å²) in [5, 5.41) is 9.77. The number of nitrogens with zero attached hydrogens (tertiary/aromatic N) is 2. The van der Waals surface area contributed by atoms with Crippen LogP contribution in [0.15, 0.2) is 4.52 Å². The van der Waals surface area contributed by atoms with Crippen LogP contribution in [0.25, 0.3) is 0 Å². The molecule has 0 radical (unpaired) electrons. The van der Waals surface area contributed by atoms with E-state index in [1.165, 1.54) is 0 Å². The third-order valence-electron chi connectivity index (χ3n) is 4.76. The SMILES string of the molecule is Cc1noc([C@@H](NC(=O)NC[C@]2(C)CCCO2)C2CCOCC2)n1. The first-order valence-electron chi connectivity index (χ1n) is 8.62. The number of urea groups is 1. The van der Waals surface area contributed by atoms with Crippen molar-refractivity contribution in [2.24, 2.45) is 5.92 Å². The summed E-state index contributed by atoms with van der Waals surface area (Å²) in [4.78, 5) is 16.7. The number of hydrogen-bond donors (Lipinski definition) is 2. The number of ether oxygens (including phenoxy) is 2. The smallest absolute Gasteiger partial charge is 0.315 e. The zero-order valence-corrected chi connectivity index (χ0v) is 14.3. The van der Waals surface area contributed by atoms with E-state index in [4.69, 9.17) is 14.0 Å². The third-order valence-corrected chi connectivity index (χ3v) is 4.76. The van der Waals surface area contributed by atoms with Gasteiger partial charge in [-0.25, -0.2) is 4.79 Å². The fourth-order valence-electron chi connectivity index (χ4n) is 3.31. The van der Waals surface area contributed by atoms with Gasteiger partial charge in [-0.05, 0) is 45.4 Å². The molecule has 2 amide bonds. The molecule has 0 bridgehead atoms. The maximum atomic E-state index is 12.4. The minimum atomic E-state index is -0.299. The van der Waals surface area contributed by atoms with Crippen molar-refractivity contribution < 1.29 is 18.8 Å². The second kappa shape index (κ2) is 7.48. The molecule has 0 aliphatic carbocycles. The Morgan fingerprint density at radius 2 is 2.17 bits per heavy atom. The van der Waals surface area contributed by atoms with Crippen LogP contribution in [0, 0.1) is 12.8 Å². The highest BCUT2D eigenvalue weighted by Crippen LogP contribution is 2.29. The molecule has 0 spiro atoms. The quantitative estimate of drug-likeness (QED) is 0.848. The minimum Gasteiger partial charge on any atom is -0.381 e. The summed E-state index contributed by atoms with van der Waals surface area (Å²) in [7, 11) is 0. The molecule has 2 aliphatic heterocycles. The fourth-order valence-corrected chi connectivity index (χ4v) is 3.31. The van der Waals surface area contributed by atoms with Crippen molar-refractivity contribution >= 4 is 6.03 Å². The van der Waals surface area contributed by atoms with Gasteiger partial charge in [-0.1, -0.05) is 5.16 Å². The monoisotopic (exact) mass is 338 g/mol. The fraction of sp³-hybridized carbons (Fsp3) is 0.812. The summed E-state index contributed by atoms with van der Waals surface area (Å²) in [6, 6.07) is -0.536. The normalized spacial score (nSPS) is 26.2. The molecular formula is C16H26N4O4. The zero-order valence-electron chi connectivity index (χ0n) is 14.3. The van der Waals surface area contributed by atoms with Gasteiger partial charge in [0.05, 0.1) is 5.60 Å². The highest BCUT2D eigenvalue weighted by Gasteiger charge is 2.33. The van der Waals surface area contributed by atoms with Gasteiger partial charge in [-0.15, -0.1) is 0 Å². The van der Waals surface area contributed by atoms with E-state index in [0.29, 0.717) is 31.5 Å². The molecule has 0 unspecified atom stereocenters. The molecule has 2 saturated heterocycles. The predicted molar refractivity (Wildman–Crippen MR) is 85.4 cm³/mol. The van der Waals surface area contributed by atoms with Crippen molar-refractivity contribution in [3.63, 3.8) is 0 Å². The minimum absolute atomic E-state index is 0.225. The van der Waals surface area contributed by atoms with Gasteiger partial charge in [0.1, 0.15) is 6.04 Å². The summed E-state index contributed by atoms with van der Waals surface area (Å²) >= 11 is 0. The largest absolute Gasteiger partial charge is 0.381 e. The number of carbonyl (C=O) groups is 1. The molecule has 0 aromatic carbocycles. The van der Waals surface area contributed by atoms with Crippen LogP contribution in [0.1, 0.15) is 50.4 Å². The predicted octanol–water partition coefficient (Wildman–Crippen LogP) is 1.71. The summed E-state index contributed by atoms with van der Waals surface area (Å²) in [5.41, 5.74) is -0.271. The molecular weight excluding hydrogens is 312 g/mol. The Kier molecular flexibility index (Phi) is 5.35. The van der Waals surface area contributed by atoms with Crippen molar-refractivity contribution in [2.45, 2.75) is 51.2 Å². The number of aromatic nitrogens is 2. The number of nitrogens with one attached hydrogen (secondary N) is 2. The van der Waals surface area contributed by atoms with E-state index >= 15 is 0 Å². The molecule has 2 aliphatic rings. The Morgan fingerprint density at radius 3 is 2.79 bits per heavy atom. The lowest BCUT2D eigenvalue weighted by Gasteiger charge is -2.29. The van der Waals surface area contributed by atoms with Crippen molar-refractivity contribution in [3.05, 3.63) is 11.7 Å². The molecule has 1 aromatic rings. The Morgan fingerprint density at radius 1 is 1.38 bits per heavy atom.